The molecule has 0 bridgehead atoms. The molecule has 7 heteroatoms. The van der Waals surface area contributed by atoms with Gasteiger partial charge in [-0.1, -0.05) is 0 Å². The minimum absolute atomic E-state index is 0.0548. The van der Waals surface area contributed by atoms with Gasteiger partial charge in [0.25, 0.3) is 0 Å². The Morgan fingerprint density at radius 2 is 1.91 bits per heavy atom. The van der Waals surface area contributed by atoms with Gasteiger partial charge in [0.1, 0.15) is 0 Å². The van der Waals surface area contributed by atoms with Crippen molar-refractivity contribution in [1.82, 2.24) is 4.98 Å². The quantitative estimate of drug-likeness (QED) is 0.532. The van der Waals surface area contributed by atoms with E-state index in [9.17, 15) is 9.59 Å². The Hall–Kier alpha value is -4.18. The summed E-state index contributed by atoms with van der Waals surface area (Å²) in [6.07, 6.45) is 5.38. The number of nitrogens with zero attached hydrogens (tertiary/aromatic N) is 3. The van der Waals surface area contributed by atoms with E-state index in [1.165, 1.54) is 6.20 Å². The van der Waals surface area contributed by atoms with Gasteiger partial charge >= 0.3 is 0 Å². The normalized spacial score (nSPS) is 12.5. The molecule has 32 heavy (non-hydrogen) atoms. The molecule has 1 aromatic heterocycles. The lowest BCUT2D eigenvalue weighted by atomic mass is 10.0. The van der Waals surface area contributed by atoms with E-state index in [1.54, 1.807) is 54.7 Å². The van der Waals surface area contributed by atoms with E-state index in [-0.39, 0.29) is 18.2 Å². The Labute approximate surface area is 186 Å². The summed E-state index contributed by atoms with van der Waals surface area (Å²) < 4.78 is 0. The number of anilines is 3. The lowest BCUT2D eigenvalue weighted by Crippen LogP contribution is -2.25. The fourth-order valence-corrected chi connectivity index (χ4v) is 3.45. The minimum atomic E-state index is -0.231. The second-order valence-corrected chi connectivity index (χ2v) is 7.74. The number of pyridine rings is 1. The second kappa shape index (κ2) is 9.31. The molecule has 1 aliphatic rings. The monoisotopic (exact) mass is 425 g/mol. The third kappa shape index (κ3) is 4.93. The van der Waals surface area contributed by atoms with E-state index in [1.807, 2.05) is 13.1 Å². The van der Waals surface area contributed by atoms with Crippen LogP contribution >= 0.6 is 0 Å². The van der Waals surface area contributed by atoms with E-state index in [2.05, 4.69) is 26.6 Å². The van der Waals surface area contributed by atoms with Crippen molar-refractivity contribution >= 4 is 28.8 Å². The van der Waals surface area contributed by atoms with Gasteiger partial charge in [0.15, 0.2) is 5.78 Å². The summed E-state index contributed by atoms with van der Waals surface area (Å²) in [7, 11) is 2.00. The summed E-state index contributed by atoms with van der Waals surface area (Å²) in [5.74, 6) is -0.379. The van der Waals surface area contributed by atoms with E-state index in [4.69, 9.17) is 5.26 Å². The van der Waals surface area contributed by atoms with Crippen LogP contribution in [0.3, 0.4) is 0 Å². The largest absolute Gasteiger partial charge is 0.376 e. The van der Waals surface area contributed by atoms with Crippen molar-refractivity contribution in [3.8, 4) is 6.07 Å². The molecule has 0 saturated heterocycles. The van der Waals surface area contributed by atoms with Gasteiger partial charge in [0.05, 0.1) is 29.6 Å². The van der Waals surface area contributed by atoms with Crippen LogP contribution in [0.2, 0.25) is 0 Å². The SMILES string of the molecule is CN(c1ccc(C(=O)c2cccnc2)cc1NC(=O)CNc1ccc(C#N)cc1)C1CC1. The van der Waals surface area contributed by atoms with Crippen molar-refractivity contribution in [2.75, 3.05) is 29.1 Å². The van der Waals surface area contributed by atoms with Gasteiger partial charge in [-0.15, -0.1) is 0 Å². The first-order valence-electron chi connectivity index (χ1n) is 10.4. The Bertz CT molecular complexity index is 1170. The zero-order valence-electron chi connectivity index (χ0n) is 17.7. The van der Waals surface area contributed by atoms with Gasteiger partial charge in [-0.2, -0.15) is 5.26 Å². The average Bonchev–Trinajstić information content (AvgIpc) is 3.68. The topological polar surface area (TPSA) is 98.1 Å². The molecule has 0 unspecified atom stereocenters. The van der Waals surface area contributed by atoms with Gasteiger partial charge in [0, 0.05) is 42.3 Å². The third-order valence-electron chi connectivity index (χ3n) is 5.40. The number of carbonyl (C=O) groups excluding carboxylic acids is 2. The Morgan fingerprint density at radius 1 is 1.12 bits per heavy atom. The molecule has 160 valence electrons. The highest BCUT2D eigenvalue weighted by atomic mass is 16.2. The number of carbonyl (C=O) groups is 2. The van der Waals surface area contributed by atoms with Crippen molar-refractivity contribution < 1.29 is 9.59 Å². The van der Waals surface area contributed by atoms with Crippen LogP contribution in [0.15, 0.2) is 67.0 Å². The van der Waals surface area contributed by atoms with Crippen LogP contribution in [0.5, 0.6) is 0 Å². The van der Waals surface area contributed by atoms with Crippen LogP contribution in [0.1, 0.15) is 34.3 Å². The van der Waals surface area contributed by atoms with Crippen LogP contribution in [0.25, 0.3) is 0 Å². The zero-order valence-corrected chi connectivity index (χ0v) is 17.7. The molecule has 0 spiro atoms. The lowest BCUT2D eigenvalue weighted by Gasteiger charge is -2.23. The predicted molar refractivity (Wildman–Crippen MR) is 124 cm³/mol. The molecule has 3 aromatic rings. The van der Waals surface area contributed by atoms with E-state index >= 15 is 0 Å². The van der Waals surface area contributed by atoms with Crippen LogP contribution in [0.4, 0.5) is 17.1 Å². The highest BCUT2D eigenvalue weighted by molar-refractivity contribution is 6.10. The molecule has 1 fully saturated rings. The standard InChI is InChI=1S/C25H23N5O2/c1-30(21-9-10-21)23-11-6-18(25(32)19-3-2-12-27-15-19)13-22(23)29-24(31)16-28-20-7-4-17(14-26)5-8-20/h2-8,11-13,15,21,28H,9-10,16H2,1H3,(H,29,31). The molecule has 0 radical (unpaired) electrons. The van der Waals surface area contributed by atoms with Crippen LogP contribution in [0, 0.1) is 11.3 Å². The molecule has 0 aliphatic heterocycles. The number of nitrogens with one attached hydrogen (secondary N) is 2. The van der Waals surface area contributed by atoms with Gasteiger partial charge in [-0.25, -0.2) is 0 Å². The van der Waals surface area contributed by atoms with Crippen LogP contribution < -0.4 is 15.5 Å². The van der Waals surface area contributed by atoms with Crippen LogP contribution in [-0.2, 0) is 4.79 Å². The van der Waals surface area contributed by atoms with E-state index in [0.29, 0.717) is 28.4 Å². The fraction of sp³-hybridized carbons (Fsp3) is 0.200. The number of hydrogen-bond acceptors (Lipinski definition) is 6. The van der Waals surface area contributed by atoms with Crippen molar-refractivity contribution in [3.05, 3.63) is 83.7 Å². The summed E-state index contributed by atoms with van der Waals surface area (Å²) in [5, 5.41) is 14.9. The summed E-state index contributed by atoms with van der Waals surface area (Å²) >= 11 is 0. The van der Waals surface area contributed by atoms with Gasteiger partial charge in [-0.05, 0) is 67.4 Å². The molecular weight excluding hydrogens is 402 g/mol. The van der Waals surface area contributed by atoms with Crippen molar-refractivity contribution in [3.63, 3.8) is 0 Å². The molecular formula is C25H23N5O2. The first-order chi connectivity index (χ1) is 15.5. The number of hydrogen-bond donors (Lipinski definition) is 2. The second-order valence-electron chi connectivity index (χ2n) is 7.74. The van der Waals surface area contributed by atoms with E-state index in [0.717, 1.165) is 24.2 Å². The predicted octanol–water partition coefficient (Wildman–Crippen LogP) is 3.83. The molecule has 1 aliphatic carbocycles. The Kier molecular flexibility index (Phi) is 6.13. The lowest BCUT2D eigenvalue weighted by molar-refractivity contribution is -0.114. The maximum atomic E-state index is 12.9. The molecule has 4 rings (SSSR count). The maximum Gasteiger partial charge on any atom is 0.243 e. The number of aromatic nitrogens is 1. The number of nitriles is 1. The average molecular weight is 425 g/mol. The summed E-state index contributed by atoms with van der Waals surface area (Å²) in [4.78, 5) is 31.7. The van der Waals surface area contributed by atoms with Crippen molar-refractivity contribution in [1.29, 1.82) is 5.26 Å². The molecule has 2 aromatic carbocycles. The zero-order chi connectivity index (χ0) is 22.5. The maximum absolute atomic E-state index is 12.9. The Morgan fingerprint density at radius 3 is 2.56 bits per heavy atom. The minimum Gasteiger partial charge on any atom is -0.376 e. The van der Waals surface area contributed by atoms with E-state index < -0.39 is 0 Å². The molecule has 1 amide bonds. The third-order valence-corrected chi connectivity index (χ3v) is 5.40. The van der Waals surface area contributed by atoms with Crippen LogP contribution in [-0.4, -0.2) is 36.3 Å². The van der Waals surface area contributed by atoms with Crippen molar-refractivity contribution in [2.24, 2.45) is 0 Å². The summed E-state index contributed by atoms with van der Waals surface area (Å²) in [5.41, 5.74) is 3.76. The number of amides is 1. The Balaban J connectivity index is 1.52. The summed E-state index contributed by atoms with van der Waals surface area (Å²) in [6, 6.07) is 18.2. The smallest absolute Gasteiger partial charge is 0.243 e. The molecule has 7 nitrogen and oxygen atoms in total. The number of ketones is 1. The summed E-state index contributed by atoms with van der Waals surface area (Å²) in [6.45, 7) is 0.0548. The first kappa shape index (κ1) is 21.1. The molecule has 0 atom stereocenters. The van der Waals surface area contributed by atoms with Gasteiger partial charge in [0.2, 0.25) is 5.91 Å². The molecule has 1 heterocycles. The molecule has 2 N–H and O–H groups in total. The fourth-order valence-electron chi connectivity index (χ4n) is 3.45. The van der Waals surface area contributed by atoms with Gasteiger partial charge < -0.3 is 15.5 Å². The van der Waals surface area contributed by atoms with Gasteiger partial charge in [-0.3, -0.25) is 14.6 Å². The highest BCUT2D eigenvalue weighted by Crippen LogP contribution is 2.35. The molecule has 1 saturated carbocycles. The number of rotatable bonds is 8. The highest BCUT2D eigenvalue weighted by Gasteiger charge is 2.28. The number of benzene rings is 2. The van der Waals surface area contributed by atoms with Crippen molar-refractivity contribution in [2.45, 2.75) is 18.9 Å². The first-order valence-corrected chi connectivity index (χ1v) is 10.4.